The van der Waals surface area contributed by atoms with Crippen LogP contribution in [0.25, 0.3) is 0 Å². The first-order valence-electron chi connectivity index (χ1n) is 6.66. The predicted octanol–water partition coefficient (Wildman–Crippen LogP) is 3.13. The molecule has 2 rings (SSSR count). The van der Waals surface area contributed by atoms with Crippen LogP contribution >= 0.6 is 11.8 Å². The van der Waals surface area contributed by atoms with Crippen LogP contribution in [0.3, 0.4) is 0 Å². The van der Waals surface area contributed by atoms with Crippen molar-refractivity contribution in [3.63, 3.8) is 0 Å². The molecule has 2 aromatic carbocycles. The third-order valence-electron chi connectivity index (χ3n) is 3.53. The van der Waals surface area contributed by atoms with Gasteiger partial charge in [-0.25, -0.2) is 0 Å². The lowest BCUT2D eigenvalue weighted by Crippen LogP contribution is -2.40. The largest absolute Gasteiger partial charge is 0.369 e. The summed E-state index contributed by atoms with van der Waals surface area (Å²) in [4.78, 5) is 23.0. The minimum atomic E-state index is -0.798. The molecule has 0 heterocycles. The number of nitrogens with zero attached hydrogens (tertiary/aromatic N) is 1. The summed E-state index contributed by atoms with van der Waals surface area (Å²) >= 11 is 1.45. The highest BCUT2D eigenvalue weighted by Gasteiger charge is 2.33. The molecule has 0 spiro atoms. The van der Waals surface area contributed by atoms with Crippen LogP contribution in [0.5, 0.6) is 0 Å². The van der Waals surface area contributed by atoms with Crippen LogP contribution in [0.1, 0.15) is 12.5 Å². The van der Waals surface area contributed by atoms with Gasteiger partial charge in [0.05, 0.1) is 10.3 Å². The van der Waals surface area contributed by atoms with Gasteiger partial charge < -0.3 is 5.73 Å². The number of carbonyl (C=O) groups is 1. The summed E-state index contributed by atoms with van der Waals surface area (Å²) in [5.41, 5.74) is 5.70. The smallest absolute Gasteiger partial charge is 0.269 e. The van der Waals surface area contributed by atoms with Crippen molar-refractivity contribution in [2.75, 3.05) is 5.75 Å². The first-order chi connectivity index (χ1) is 10.4. The zero-order valence-corrected chi connectivity index (χ0v) is 12.9. The zero-order valence-electron chi connectivity index (χ0n) is 12.1. The lowest BCUT2D eigenvalue weighted by molar-refractivity contribution is -0.384. The van der Waals surface area contributed by atoms with E-state index in [1.165, 1.54) is 23.9 Å². The van der Waals surface area contributed by atoms with Gasteiger partial charge in [-0.2, -0.15) is 0 Å². The quantitative estimate of drug-likeness (QED) is 0.504. The second-order valence-electron chi connectivity index (χ2n) is 5.10. The number of amides is 1. The summed E-state index contributed by atoms with van der Waals surface area (Å²) in [5, 5.41) is 10.6. The van der Waals surface area contributed by atoms with E-state index in [4.69, 9.17) is 5.73 Å². The van der Waals surface area contributed by atoms with Crippen LogP contribution in [0.4, 0.5) is 5.69 Å². The molecule has 0 aliphatic heterocycles. The second-order valence-corrected chi connectivity index (χ2v) is 6.15. The molecule has 6 heteroatoms. The van der Waals surface area contributed by atoms with Gasteiger partial charge in [-0.05, 0) is 24.6 Å². The predicted molar refractivity (Wildman–Crippen MR) is 86.8 cm³/mol. The number of non-ortho nitro benzene ring substituents is 1. The molecule has 0 aliphatic carbocycles. The number of nitro benzene ring substituents is 1. The molecule has 1 atom stereocenters. The summed E-state index contributed by atoms with van der Waals surface area (Å²) in [7, 11) is 0. The molecule has 0 aliphatic rings. The SMILES string of the molecule is CC(CSc1ccc([N+](=O)[O-])cc1)(C(N)=O)c1ccccc1. The number of hydrogen-bond acceptors (Lipinski definition) is 4. The van der Waals surface area contributed by atoms with E-state index in [1.54, 1.807) is 12.1 Å². The van der Waals surface area contributed by atoms with Gasteiger partial charge in [-0.15, -0.1) is 11.8 Å². The highest BCUT2D eigenvalue weighted by molar-refractivity contribution is 7.99. The third-order valence-corrected chi connectivity index (χ3v) is 4.86. The van der Waals surface area contributed by atoms with Gasteiger partial charge >= 0.3 is 0 Å². The van der Waals surface area contributed by atoms with E-state index < -0.39 is 16.2 Å². The molecule has 0 saturated heterocycles. The molecule has 5 nitrogen and oxygen atoms in total. The summed E-state index contributed by atoms with van der Waals surface area (Å²) in [6, 6.07) is 15.6. The highest BCUT2D eigenvalue weighted by atomic mass is 32.2. The van der Waals surface area contributed by atoms with Gasteiger partial charge in [0, 0.05) is 22.8 Å². The van der Waals surface area contributed by atoms with Gasteiger partial charge in [0.1, 0.15) is 0 Å². The van der Waals surface area contributed by atoms with E-state index in [1.807, 2.05) is 37.3 Å². The van der Waals surface area contributed by atoms with Crippen molar-refractivity contribution >= 4 is 23.4 Å². The molecule has 0 fully saturated rings. The van der Waals surface area contributed by atoms with Crippen molar-refractivity contribution in [3.8, 4) is 0 Å². The molecular weight excluding hydrogens is 300 g/mol. The zero-order chi connectivity index (χ0) is 16.2. The Morgan fingerprint density at radius 3 is 2.27 bits per heavy atom. The van der Waals surface area contributed by atoms with Crippen LogP contribution < -0.4 is 5.73 Å². The van der Waals surface area contributed by atoms with Crippen LogP contribution in [0.15, 0.2) is 59.5 Å². The number of benzene rings is 2. The van der Waals surface area contributed by atoms with Crippen LogP contribution in [0.2, 0.25) is 0 Å². The molecule has 1 amide bonds. The number of hydrogen-bond donors (Lipinski definition) is 1. The molecule has 0 bridgehead atoms. The van der Waals surface area contributed by atoms with Gasteiger partial charge in [0.2, 0.25) is 5.91 Å². The number of carbonyl (C=O) groups excluding carboxylic acids is 1. The van der Waals surface area contributed by atoms with Gasteiger partial charge in [-0.1, -0.05) is 30.3 Å². The molecule has 0 radical (unpaired) electrons. The fourth-order valence-electron chi connectivity index (χ4n) is 1.99. The second kappa shape index (κ2) is 6.62. The van der Waals surface area contributed by atoms with Crippen LogP contribution in [-0.4, -0.2) is 16.6 Å². The van der Waals surface area contributed by atoms with Gasteiger partial charge in [-0.3, -0.25) is 14.9 Å². The normalized spacial score (nSPS) is 13.3. The average Bonchev–Trinajstić information content (AvgIpc) is 2.53. The lowest BCUT2D eigenvalue weighted by Gasteiger charge is -2.26. The van der Waals surface area contributed by atoms with E-state index in [2.05, 4.69) is 0 Å². The van der Waals surface area contributed by atoms with Crippen molar-refractivity contribution in [1.82, 2.24) is 0 Å². The summed E-state index contributed by atoms with van der Waals surface area (Å²) < 4.78 is 0. The maximum atomic E-state index is 11.9. The fourth-order valence-corrected chi connectivity index (χ4v) is 3.09. The van der Waals surface area contributed by atoms with Crippen LogP contribution in [0, 0.1) is 10.1 Å². The van der Waals surface area contributed by atoms with E-state index in [-0.39, 0.29) is 5.69 Å². The average molecular weight is 316 g/mol. The van der Waals surface area contributed by atoms with Crippen molar-refractivity contribution in [3.05, 3.63) is 70.3 Å². The monoisotopic (exact) mass is 316 g/mol. The molecule has 22 heavy (non-hydrogen) atoms. The Labute approximate surface area is 132 Å². The van der Waals surface area contributed by atoms with Crippen molar-refractivity contribution in [1.29, 1.82) is 0 Å². The Hall–Kier alpha value is -2.34. The highest BCUT2D eigenvalue weighted by Crippen LogP contribution is 2.32. The van der Waals surface area contributed by atoms with Crippen molar-refractivity contribution in [2.45, 2.75) is 17.2 Å². The van der Waals surface area contributed by atoms with Crippen molar-refractivity contribution in [2.24, 2.45) is 5.73 Å². The minimum Gasteiger partial charge on any atom is -0.369 e. The molecule has 1 unspecified atom stereocenters. The van der Waals surface area contributed by atoms with Crippen molar-refractivity contribution < 1.29 is 9.72 Å². The van der Waals surface area contributed by atoms with E-state index in [9.17, 15) is 14.9 Å². The minimum absolute atomic E-state index is 0.0464. The standard InChI is InChI=1S/C16H16N2O3S/c1-16(15(17)19,12-5-3-2-4-6-12)11-22-14-9-7-13(8-10-14)18(20)21/h2-10H,11H2,1H3,(H2,17,19). The van der Waals surface area contributed by atoms with Crippen LogP contribution in [-0.2, 0) is 10.2 Å². The molecular formula is C16H16N2O3S. The Morgan fingerprint density at radius 2 is 1.77 bits per heavy atom. The Kier molecular flexibility index (Phi) is 4.82. The molecule has 0 saturated carbocycles. The lowest BCUT2D eigenvalue weighted by atomic mass is 9.84. The molecule has 2 aromatic rings. The van der Waals surface area contributed by atoms with E-state index in [0.29, 0.717) is 5.75 Å². The summed E-state index contributed by atoms with van der Waals surface area (Å²) in [6.07, 6.45) is 0. The van der Waals surface area contributed by atoms with Gasteiger partial charge in [0.25, 0.3) is 5.69 Å². The maximum Gasteiger partial charge on any atom is 0.269 e. The fraction of sp³-hybridized carbons (Fsp3) is 0.188. The van der Waals surface area contributed by atoms with E-state index in [0.717, 1.165) is 10.5 Å². The number of rotatable bonds is 6. The third kappa shape index (κ3) is 3.46. The van der Waals surface area contributed by atoms with E-state index >= 15 is 0 Å². The van der Waals surface area contributed by atoms with Gasteiger partial charge in [0.15, 0.2) is 0 Å². The number of nitrogens with two attached hydrogens (primary N) is 1. The number of primary amides is 1. The Bertz CT molecular complexity index is 674. The Balaban J connectivity index is 2.16. The molecule has 2 N–H and O–H groups in total. The first-order valence-corrected chi connectivity index (χ1v) is 7.65. The Morgan fingerprint density at radius 1 is 1.18 bits per heavy atom. The maximum absolute atomic E-state index is 11.9. The molecule has 114 valence electrons. The summed E-state index contributed by atoms with van der Waals surface area (Å²) in [6.45, 7) is 1.81. The number of nitro groups is 1. The first kappa shape index (κ1) is 16.0. The molecule has 0 aromatic heterocycles. The summed E-state index contributed by atoms with van der Waals surface area (Å²) in [5.74, 6) is 0.0672. The number of thioether (sulfide) groups is 1. The topological polar surface area (TPSA) is 86.2 Å².